The lowest BCUT2D eigenvalue weighted by molar-refractivity contribution is -0.0149. The van der Waals surface area contributed by atoms with Crippen molar-refractivity contribution in [1.82, 2.24) is 14.9 Å². The van der Waals surface area contributed by atoms with Gasteiger partial charge < -0.3 is 14.6 Å². The van der Waals surface area contributed by atoms with Crippen LogP contribution < -0.4 is 5.32 Å². The molecule has 0 aliphatic heterocycles. The van der Waals surface area contributed by atoms with Crippen molar-refractivity contribution in [3.63, 3.8) is 0 Å². The summed E-state index contributed by atoms with van der Waals surface area (Å²) in [6, 6.07) is 17.1. The predicted octanol–water partition coefficient (Wildman–Crippen LogP) is 4.48. The van der Waals surface area contributed by atoms with E-state index in [9.17, 15) is 0 Å². The molecule has 0 saturated carbocycles. The molecule has 3 rings (SSSR count). The Morgan fingerprint density at radius 3 is 2.38 bits per heavy atom. The van der Waals surface area contributed by atoms with Crippen LogP contribution in [0.1, 0.15) is 37.5 Å². The molecular weight excluding hydrogens is 322 g/mol. The van der Waals surface area contributed by atoms with E-state index in [4.69, 9.17) is 4.74 Å². The second-order valence-electron chi connectivity index (χ2n) is 7.46. The van der Waals surface area contributed by atoms with Crippen LogP contribution in [0.3, 0.4) is 0 Å². The SMILES string of the molecule is CC(C)(C)OCc1cccc(CNCc2ccc(-n3ccnc3)cc2)c1. The monoisotopic (exact) mass is 349 g/mol. The second kappa shape index (κ2) is 8.30. The molecule has 0 fully saturated rings. The Balaban J connectivity index is 1.50. The maximum Gasteiger partial charge on any atom is 0.0991 e. The van der Waals surface area contributed by atoms with Crippen molar-refractivity contribution in [2.75, 3.05) is 0 Å². The molecule has 0 bridgehead atoms. The van der Waals surface area contributed by atoms with E-state index < -0.39 is 0 Å². The number of aromatic nitrogens is 2. The predicted molar refractivity (Wildman–Crippen MR) is 105 cm³/mol. The van der Waals surface area contributed by atoms with Gasteiger partial charge in [0.2, 0.25) is 0 Å². The Bertz CT molecular complexity index is 802. The number of rotatable bonds is 7. The van der Waals surface area contributed by atoms with Crippen molar-refractivity contribution >= 4 is 0 Å². The lowest BCUT2D eigenvalue weighted by Gasteiger charge is -2.19. The van der Waals surface area contributed by atoms with E-state index in [0.29, 0.717) is 6.61 Å². The van der Waals surface area contributed by atoms with Crippen LogP contribution in [-0.2, 0) is 24.4 Å². The van der Waals surface area contributed by atoms with Gasteiger partial charge in [-0.15, -0.1) is 0 Å². The summed E-state index contributed by atoms with van der Waals surface area (Å²) < 4.78 is 7.86. The number of imidazole rings is 1. The van der Waals surface area contributed by atoms with Gasteiger partial charge in [0, 0.05) is 31.2 Å². The van der Waals surface area contributed by atoms with Gasteiger partial charge in [-0.1, -0.05) is 36.4 Å². The van der Waals surface area contributed by atoms with E-state index in [1.54, 1.807) is 6.20 Å². The van der Waals surface area contributed by atoms with Crippen LogP contribution in [0.15, 0.2) is 67.3 Å². The largest absolute Gasteiger partial charge is 0.371 e. The van der Waals surface area contributed by atoms with Crippen molar-refractivity contribution < 1.29 is 4.74 Å². The number of hydrogen-bond donors (Lipinski definition) is 1. The van der Waals surface area contributed by atoms with Crippen molar-refractivity contribution in [3.05, 3.63) is 83.9 Å². The first-order valence-corrected chi connectivity index (χ1v) is 8.99. The molecule has 3 aromatic rings. The smallest absolute Gasteiger partial charge is 0.0991 e. The van der Waals surface area contributed by atoms with E-state index in [1.165, 1.54) is 16.7 Å². The number of benzene rings is 2. The highest BCUT2D eigenvalue weighted by atomic mass is 16.5. The third-order valence-corrected chi connectivity index (χ3v) is 4.06. The second-order valence-corrected chi connectivity index (χ2v) is 7.46. The third kappa shape index (κ3) is 5.55. The van der Waals surface area contributed by atoms with Gasteiger partial charge in [0.25, 0.3) is 0 Å². The topological polar surface area (TPSA) is 39.1 Å². The highest BCUT2D eigenvalue weighted by Gasteiger charge is 2.10. The first kappa shape index (κ1) is 18.4. The van der Waals surface area contributed by atoms with Crippen LogP contribution in [0.5, 0.6) is 0 Å². The third-order valence-electron chi connectivity index (χ3n) is 4.06. The minimum Gasteiger partial charge on any atom is -0.371 e. The molecular formula is C22H27N3O. The molecule has 0 atom stereocenters. The molecule has 4 nitrogen and oxygen atoms in total. The van der Waals surface area contributed by atoms with E-state index in [1.807, 2.05) is 17.1 Å². The van der Waals surface area contributed by atoms with E-state index in [-0.39, 0.29) is 5.60 Å². The van der Waals surface area contributed by atoms with Gasteiger partial charge in [0.15, 0.2) is 0 Å². The van der Waals surface area contributed by atoms with Crippen molar-refractivity contribution in [2.45, 2.75) is 46.1 Å². The zero-order valence-electron chi connectivity index (χ0n) is 15.8. The fourth-order valence-electron chi connectivity index (χ4n) is 2.68. The molecule has 1 aromatic heterocycles. The number of hydrogen-bond acceptors (Lipinski definition) is 3. The molecule has 0 aliphatic carbocycles. The molecule has 0 spiro atoms. The Morgan fingerprint density at radius 2 is 1.69 bits per heavy atom. The van der Waals surface area contributed by atoms with Crippen LogP contribution >= 0.6 is 0 Å². The fraction of sp³-hybridized carbons (Fsp3) is 0.318. The van der Waals surface area contributed by atoms with Crippen molar-refractivity contribution in [1.29, 1.82) is 0 Å². The van der Waals surface area contributed by atoms with Crippen molar-refractivity contribution in [3.8, 4) is 5.69 Å². The highest BCUT2D eigenvalue weighted by molar-refractivity contribution is 5.34. The molecule has 2 aromatic carbocycles. The van der Waals surface area contributed by atoms with Crippen LogP contribution in [0.2, 0.25) is 0 Å². The fourth-order valence-corrected chi connectivity index (χ4v) is 2.68. The van der Waals surface area contributed by atoms with Gasteiger partial charge in [0.1, 0.15) is 0 Å². The quantitative estimate of drug-likeness (QED) is 0.684. The zero-order valence-corrected chi connectivity index (χ0v) is 15.8. The molecule has 1 heterocycles. The summed E-state index contributed by atoms with van der Waals surface area (Å²) in [6.45, 7) is 8.57. The molecule has 0 unspecified atom stereocenters. The minimum absolute atomic E-state index is 0.114. The summed E-state index contributed by atoms with van der Waals surface area (Å²) in [7, 11) is 0. The molecule has 1 N–H and O–H groups in total. The zero-order chi connectivity index (χ0) is 18.4. The van der Waals surface area contributed by atoms with Crippen molar-refractivity contribution in [2.24, 2.45) is 0 Å². The van der Waals surface area contributed by atoms with Crippen LogP contribution in [-0.4, -0.2) is 15.2 Å². The Hall–Kier alpha value is -2.43. The Kier molecular flexibility index (Phi) is 5.86. The highest BCUT2D eigenvalue weighted by Crippen LogP contribution is 2.13. The van der Waals surface area contributed by atoms with Gasteiger partial charge in [-0.3, -0.25) is 0 Å². The Labute approximate surface area is 155 Å². The van der Waals surface area contributed by atoms with Gasteiger partial charge in [-0.2, -0.15) is 0 Å². The molecule has 4 heteroatoms. The number of nitrogens with one attached hydrogen (secondary N) is 1. The average molecular weight is 349 g/mol. The maximum atomic E-state index is 5.86. The summed E-state index contributed by atoms with van der Waals surface area (Å²) in [4.78, 5) is 4.08. The van der Waals surface area contributed by atoms with Crippen LogP contribution in [0, 0.1) is 0 Å². The molecule has 0 saturated heterocycles. The molecule has 0 amide bonds. The van der Waals surface area contributed by atoms with Crippen LogP contribution in [0.25, 0.3) is 5.69 Å². The summed E-state index contributed by atoms with van der Waals surface area (Å²) in [5, 5.41) is 3.51. The summed E-state index contributed by atoms with van der Waals surface area (Å²) in [5.41, 5.74) is 4.76. The first-order chi connectivity index (χ1) is 12.5. The average Bonchev–Trinajstić information content (AvgIpc) is 3.15. The van der Waals surface area contributed by atoms with Gasteiger partial charge >= 0.3 is 0 Å². The lowest BCUT2D eigenvalue weighted by Crippen LogP contribution is -2.18. The normalized spacial score (nSPS) is 11.7. The standard InChI is InChI=1S/C22H27N3O/c1-22(2,3)26-16-20-6-4-5-19(13-20)15-24-14-18-7-9-21(10-8-18)25-12-11-23-17-25/h4-13,17,24H,14-16H2,1-3H3. The summed E-state index contributed by atoms with van der Waals surface area (Å²) in [5.74, 6) is 0. The Morgan fingerprint density at radius 1 is 0.962 bits per heavy atom. The van der Waals surface area contributed by atoms with E-state index >= 15 is 0 Å². The maximum absolute atomic E-state index is 5.86. The van der Waals surface area contributed by atoms with Gasteiger partial charge in [0.05, 0.1) is 18.5 Å². The van der Waals surface area contributed by atoms with E-state index in [2.05, 4.69) is 79.6 Å². The number of nitrogens with zero attached hydrogens (tertiary/aromatic N) is 2. The van der Waals surface area contributed by atoms with E-state index in [0.717, 1.165) is 18.8 Å². The minimum atomic E-state index is -0.114. The molecule has 26 heavy (non-hydrogen) atoms. The van der Waals surface area contributed by atoms with Crippen LogP contribution in [0.4, 0.5) is 0 Å². The molecule has 0 aliphatic rings. The molecule has 0 radical (unpaired) electrons. The summed E-state index contributed by atoms with van der Waals surface area (Å²) >= 11 is 0. The van der Waals surface area contributed by atoms with Gasteiger partial charge in [-0.05, 0) is 49.6 Å². The first-order valence-electron chi connectivity index (χ1n) is 8.99. The lowest BCUT2D eigenvalue weighted by atomic mass is 10.1. The number of ether oxygens (including phenoxy) is 1. The molecule has 136 valence electrons. The van der Waals surface area contributed by atoms with Gasteiger partial charge in [-0.25, -0.2) is 4.98 Å². The summed E-state index contributed by atoms with van der Waals surface area (Å²) in [6.07, 6.45) is 5.55.